The second-order valence-corrected chi connectivity index (χ2v) is 11.5. The van der Waals surface area contributed by atoms with Gasteiger partial charge in [-0.3, -0.25) is 9.36 Å². The van der Waals surface area contributed by atoms with E-state index in [9.17, 15) is 4.79 Å². The van der Waals surface area contributed by atoms with Crippen molar-refractivity contribution in [3.8, 4) is 17.2 Å². The molecule has 1 aromatic heterocycles. The minimum Gasteiger partial charge on any atom is -0.493 e. The summed E-state index contributed by atoms with van der Waals surface area (Å²) in [5, 5.41) is 13.2. The standard InChI is InChI=1S/C28H32N4O3S/c1-34-23-9-8-21(13-24(23)35-2)29-25(33)17-36-27-31-30-26(32(27)22-6-4-3-5-7-22)28-14-18-10-19(15-28)12-20(11-18)16-28/h3-9,13,18-20H,10-12,14-17H2,1-2H3,(H,29,33). The van der Waals surface area contributed by atoms with E-state index in [4.69, 9.17) is 14.6 Å². The van der Waals surface area contributed by atoms with Gasteiger partial charge in [-0.15, -0.1) is 10.2 Å². The first-order chi connectivity index (χ1) is 17.6. The van der Waals surface area contributed by atoms with E-state index in [0.29, 0.717) is 17.2 Å². The molecule has 1 heterocycles. The molecule has 0 aliphatic heterocycles. The van der Waals surface area contributed by atoms with Crippen molar-refractivity contribution in [3.63, 3.8) is 0 Å². The quantitative estimate of drug-likeness (QED) is 0.409. The molecule has 4 bridgehead atoms. The van der Waals surface area contributed by atoms with Gasteiger partial charge in [0.1, 0.15) is 5.82 Å². The fraction of sp³-hybridized carbons (Fsp3) is 0.464. The molecular weight excluding hydrogens is 472 g/mol. The summed E-state index contributed by atoms with van der Waals surface area (Å²) in [7, 11) is 3.17. The van der Waals surface area contributed by atoms with Crippen molar-refractivity contribution in [2.75, 3.05) is 25.3 Å². The number of methoxy groups -OCH3 is 2. The van der Waals surface area contributed by atoms with Crippen molar-refractivity contribution < 1.29 is 14.3 Å². The molecule has 4 aliphatic carbocycles. The third kappa shape index (κ3) is 4.25. The Hall–Kier alpha value is -3.00. The maximum atomic E-state index is 12.9. The average molecular weight is 505 g/mol. The van der Waals surface area contributed by atoms with Crippen molar-refractivity contribution in [2.45, 2.75) is 49.1 Å². The number of carbonyl (C=O) groups is 1. The number of hydrogen-bond donors (Lipinski definition) is 1. The molecule has 0 unspecified atom stereocenters. The molecule has 188 valence electrons. The zero-order valence-electron chi connectivity index (χ0n) is 20.8. The van der Waals surface area contributed by atoms with Gasteiger partial charge in [-0.25, -0.2) is 0 Å². The van der Waals surface area contributed by atoms with E-state index in [-0.39, 0.29) is 17.1 Å². The topological polar surface area (TPSA) is 78.3 Å². The van der Waals surface area contributed by atoms with Crippen LogP contribution in [0.3, 0.4) is 0 Å². The van der Waals surface area contributed by atoms with Gasteiger partial charge >= 0.3 is 0 Å². The summed E-state index contributed by atoms with van der Waals surface area (Å²) in [6.07, 6.45) is 7.81. The summed E-state index contributed by atoms with van der Waals surface area (Å²) in [6.45, 7) is 0. The van der Waals surface area contributed by atoms with E-state index < -0.39 is 0 Å². The van der Waals surface area contributed by atoms with Crippen LogP contribution in [-0.2, 0) is 10.2 Å². The Morgan fingerprint density at radius 3 is 2.28 bits per heavy atom. The number of anilines is 1. The van der Waals surface area contributed by atoms with Crippen molar-refractivity contribution in [1.29, 1.82) is 0 Å². The Balaban J connectivity index is 1.24. The highest BCUT2D eigenvalue weighted by atomic mass is 32.2. The normalized spacial score (nSPS) is 26.1. The maximum absolute atomic E-state index is 12.9. The molecule has 0 radical (unpaired) electrons. The fourth-order valence-electron chi connectivity index (χ4n) is 7.14. The molecule has 1 N–H and O–H groups in total. The van der Waals surface area contributed by atoms with Gasteiger partial charge in [-0.2, -0.15) is 0 Å². The lowest BCUT2D eigenvalue weighted by Crippen LogP contribution is -2.49. The Labute approximate surface area is 216 Å². The highest BCUT2D eigenvalue weighted by Gasteiger charge is 2.54. The predicted molar refractivity (Wildman–Crippen MR) is 140 cm³/mol. The highest BCUT2D eigenvalue weighted by molar-refractivity contribution is 7.99. The van der Waals surface area contributed by atoms with Gasteiger partial charge in [0, 0.05) is 22.9 Å². The molecule has 8 heteroatoms. The summed E-state index contributed by atoms with van der Waals surface area (Å²) in [6, 6.07) is 15.7. The van der Waals surface area contributed by atoms with E-state index in [2.05, 4.69) is 39.2 Å². The van der Waals surface area contributed by atoms with Crippen LogP contribution in [0.5, 0.6) is 11.5 Å². The van der Waals surface area contributed by atoms with Gasteiger partial charge in [0.05, 0.1) is 20.0 Å². The Morgan fingerprint density at radius 1 is 0.972 bits per heavy atom. The number of nitrogens with one attached hydrogen (secondary N) is 1. The smallest absolute Gasteiger partial charge is 0.234 e. The second kappa shape index (κ2) is 9.47. The minimum absolute atomic E-state index is 0.105. The number of aromatic nitrogens is 3. The second-order valence-electron chi connectivity index (χ2n) is 10.6. The molecule has 2 aromatic carbocycles. The zero-order valence-corrected chi connectivity index (χ0v) is 21.6. The number of benzene rings is 2. The number of nitrogens with zero attached hydrogens (tertiary/aromatic N) is 3. The summed E-state index contributed by atoms with van der Waals surface area (Å²) in [4.78, 5) is 12.9. The summed E-state index contributed by atoms with van der Waals surface area (Å²) < 4.78 is 12.9. The monoisotopic (exact) mass is 504 g/mol. The molecule has 1 amide bonds. The van der Waals surface area contributed by atoms with E-state index in [1.807, 2.05) is 12.1 Å². The predicted octanol–water partition coefficient (Wildman–Crippen LogP) is 5.48. The SMILES string of the molecule is COc1ccc(NC(=O)CSc2nnc(C34CC5CC(CC(C5)C3)C4)n2-c2ccccc2)cc1OC. The van der Waals surface area contributed by atoms with Gasteiger partial charge in [0.15, 0.2) is 16.7 Å². The van der Waals surface area contributed by atoms with Crippen molar-refractivity contribution in [2.24, 2.45) is 17.8 Å². The lowest BCUT2D eigenvalue weighted by atomic mass is 9.49. The van der Waals surface area contributed by atoms with Gasteiger partial charge in [0.2, 0.25) is 5.91 Å². The molecule has 36 heavy (non-hydrogen) atoms. The van der Waals surface area contributed by atoms with Gasteiger partial charge in [0.25, 0.3) is 0 Å². The lowest BCUT2D eigenvalue weighted by molar-refractivity contribution is -0.113. The Morgan fingerprint density at radius 2 is 1.64 bits per heavy atom. The first kappa shape index (κ1) is 23.4. The average Bonchev–Trinajstić information content (AvgIpc) is 3.32. The molecule has 7 nitrogen and oxygen atoms in total. The van der Waals surface area contributed by atoms with Crippen molar-refractivity contribution >= 4 is 23.4 Å². The first-order valence-electron chi connectivity index (χ1n) is 12.7. The third-order valence-electron chi connectivity index (χ3n) is 8.16. The van der Waals surface area contributed by atoms with Gasteiger partial charge in [-0.05, 0) is 80.5 Å². The van der Waals surface area contributed by atoms with Crippen LogP contribution in [0, 0.1) is 17.8 Å². The van der Waals surface area contributed by atoms with Gasteiger partial charge < -0.3 is 14.8 Å². The number of amides is 1. The molecule has 4 aliphatic rings. The summed E-state index contributed by atoms with van der Waals surface area (Å²) in [5.74, 6) is 4.88. The molecule has 7 rings (SSSR count). The van der Waals surface area contributed by atoms with Crippen LogP contribution in [0.25, 0.3) is 5.69 Å². The van der Waals surface area contributed by atoms with E-state index in [1.165, 1.54) is 50.3 Å². The fourth-order valence-corrected chi connectivity index (χ4v) is 7.89. The third-order valence-corrected chi connectivity index (χ3v) is 9.09. The number of ether oxygens (including phenoxy) is 2. The lowest BCUT2D eigenvalue weighted by Gasteiger charge is -2.56. The largest absolute Gasteiger partial charge is 0.493 e. The van der Waals surface area contributed by atoms with Crippen LogP contribution in [-0.4, -0.2) is 40.6 Å². The van der Waals surface area contributed by atoms with Gasteiger partial charge in [-0.1, -0.05) is 30.0 Å². The highest BCUT2D eigenvalue weighted by Crippen LogP contribution is 2.60. The van der Waals surface area contributed by atoms with Crippen LogP contribution in [0.1, 0.15) is 44.3 Å². The first-order valence-corrected chi connectivity index (χ1v) is 13.7. The molecule has 4 saturated carbocycles. The Kier molecular flexibility index (Phi) is 6.15. The van der Waals surface area contributed by atoms with Crippen LogP contribution < -0.4 is 14.8 Å². The molecule has 0 saturated heterocycles. The zero-order chi connectivity index (χ0) is 24.7. The number of thioether (sulfide) groups is 1. The van der Waals surface area contributed by atoms with Crippen LogP contribution >= 0.6 is 11.8 Å². The number of rotatable bonds is 8. The van der Waals surface area contributed by atoms with Crippen molar-refractivity contribution in [3.05, 3.63) is 54.4 Å². The molecule has 0 atom stereocenters. The number of hydrogen-bond acceptors (Lipinski definition) is 6. The minimum atomic E-state index is -0.105. The summed E-state index contributed by atoms with van der Waals surface area (Å²) >= 11 is 1.43. The van der Waals surface area contributed by atoms with E-state index in [0.717, 1.165) is 34.4 Å². The van der Waals surface area contributed by atoms with Crippen LogP contribution in [0.2, 0.25) is 0 Å². The van der Waals surface area contributed by atoms with Crippen LogP contribution in [0.15, 0.2) is 53.7 Å². The summed E-state index contributed by atoms with van der Waals surface area (Å²) in [5.41, 5.74) is 1.84. The molecule has 4 fully saturated rings. The van der Waals surface area contributed by atoms with E-state index in [1.54, 1.807) is 26.4 Å². The number of carbonyl (C=O) groups excluding carboxylic acids is 1. The molecule has 3 aromatic rings. The van der Waals surface area contributed by atoms with Crippen molar-refractivity contribution in [1.82, 2.24) is 14.8 Å². The van der Waals surface area contributed by atoms with E-state index >= 15 is 0 Å². The molecular formula is C28H32N4O3S. The molecule has 0 spiro atoms. The number of para-hydroxylation sites is 1. The van der Waals surface area contributed by atoms with Crippen LogP contribution in [0.4, 0.5) is 5.69 Å². The maximum Gasteiger partial charge on any atom is 0.234 e. The Bertz CT molecular complexity index is 1220.